The molecule has 110 valence electrons. The van der Waals surface area contributed by atoms with Crippen LogP contribution in [0.2, 0.25) is 5.02 Å². The minimum absolute atomic E-state index is 0.246. The average molecular weight is 313 g/mol. The van der Waals surface area contributed by atoms with Gasteiger partial charge in [0.25, 0.3) is 5.91 Å². The van der Waals surface area contributed by atoms with Crippen LogP contribution in [0.5, 0.6) is 0 Å². The molecule has 0 fully saturated rings. The molecule has 1 N–H and O–H groups in total. The first kappa shape index (κ1) is 14.3. The van der Waals surface area contributed by atoms with Crippen LogP contribution in [0.4, 0.5) is 5.69 Å². The molecule has 3 aromatic rings. The van der Waals surface area contributed by atoms with Crippen molar-refractivity contribution in [2.24, 2.45) is 0 Å². The summed E-state index contributed by atoms with van der Waals surface area (Å²) in [5.41, 5.74) is 1.88. The molecule has 3 rings (SSSR count). The number of carbonyl (C=O) groups excluding carboxylic acids is 1. The minimum Gasteiger partial charge on any atom is -0.319 e. The van der Waals surface area contributed by atoms with E-state index in [-0.39, 0.29) is 11.6 Å². The number of carbonyl (C=O) groups is 1. The number of para-hydroxylation sites is 1. The number of halogens is 1. The molecule has 5 nitrogen and oxygen atoms in total. The fraction of sp³-hybridized carbons (Fsp3) is 0.0625. The van der Waals surface area contributed by atoms with E-state index in [1.165, 1.54) is 0 Å². The number of aromatic nitrogens is 3. The van der Waals surface area contributed by atoms with Crippen LogP contribution in [-0.2, 0) is 6.54 Å². The smallest absolute Gasteiger partial charge is 0.277 e. The lowest BCUT2D eigenvalue weighted by molar-refractivity contribution is 0.102. The molecular formula is C16H13ClN4O. The van der Waals surface area contributed by atoms with E-state index in [1.54, 1.807) is 35.1 Å². The van der Waals surface area contributed by atoms with Crippen molar-refractivity contribution >= 4 is 23.2 Å². The van der Waals surface area contributed by atoms with Gasteiger partial charge in [0, 0.05) is 0 Å². The Morgan fingerprint density at radius 1 is 1.09 bits per heavy atom. The average Bonchev–Trinajstić information content (AvgIpc) is 2.99. The number of benzene rings is 2. The first-order chi connectivity index (χ1) is 10.7. The van der Waals surface area contributed by atoms with Gasteiger partial charge in [-0.15, -0.1) is 5.10 Å². The molecule has 0 spiro atoms. The molecule has 0 saturated carbocycles. The Morgan fingerprint density at radius 3 is 2.59 bits per heavy atom. The predicted octanol–water partition coefficient (Wildman–Crippen LogP) is 3.23. The highest BCUT2D eigenvalue weighted by Crippen LogP contribution is 2.20. The quantitative estimate of drug-likeness (QED) is 0.804. The summed E-state index contributed by atoms with van der Waals surface area (Å²) in [7, 11) is 0. The zero-order valence-electron chi connectivity index (χ0n) is 11.6. The van der Waals surface area contributed by atoms with Crippen LogP contribution in [0.3, 0.4) is 0 Å². The van der Waals surface area contributed by atoms with Crippen molar-refractivity contribution in [1.82, 2.24) is 15.0 Å². The molecule has 2 aromatic carbocycles. The van der Waals surface area contributed by atoms with Crippen molar-refractivity contribution in [2.45, 2.75) is 6.54 Å². The van der Waals surface area contributed by atoms with Crippen LogP contribution < -0.4 is 5.32 Å². The molecule has 0 aliphatic heterocycles. The van der Waals surface area contributed by atoms with Gasteiger partial charge in [0.15, 0.2) is 5.69 Å². The van der Waals surface area contributed by atoms with Crippen LogP contribution in [-0.4, -0.2) is 20.9 Å². The van der Waals surface area contributed by atoms with Crippen molar-refractivity contribution in [3.8, 4) is 0 Å². The van der Waals surface area contributed by atoms with Gasteiger partial charge in [-0.1, -0.05) is 59.3 Å². The van der Waals surface area contributed by atoms with Crippen molar-refractivity contribution in [2.75, 3.05) is 5.32 Å². The van der Waals surface area contributed by atoms with E-state index in [0.717, 1.165) is 5.56 Å². The zero-order chi connectivity index (χ0) is 15.4. The van der Waals surface area contributed by atoms with E-state index in [0.29, 0.717) is 17.3 Å². The Morgan fingerprint density at radius 2 is 1.82 bits per heavy atom. The fourth-order valence-electron chi connectivity index (χ4n) is 2.00. The second-order valence-corrected chi connectivity index (χ2v) is 5.13. The Bertz CT molecular complexity index is 786. The molecule has 0 saturated heterocycles. The van der Waals surface area contributed by atoms with E-state index >= 15 is 0 Å². The molecule has 1 aromatic heterocycles. The van der Waals surface area contributed by atoms with Crippen LogP contribution in [0, 0.1) is 0 Å². The summed E-state index contributed by atoms with van der Waals surface area (Å²) in [6.07, 6.45) is 1.61. The molecule has 0 aliphatic rings. The summed E-state index contributed by atoms with van der Waals surface area (Å²) in [6.45, 7) is 0.563. The summed E-state index contributed by atoms with van der Waals surface area (Å²) in [4.78, 5) is 12.1. The maximum absolute atomic E-state index is 12.1. The van der Waals surface area contributed by atoms with Crippen LogP contribution in [0.15, 0.2) is 60.8 Å². The van der Waals surface area contributed by atoms with Gasteiger partial charge in [-0.05, 0) is 17.7 Å². The maximum atomic E-state index is 12.1. The third kappa shape index (κ3) is 3.32. The molecule has 6 heteroatoms. The Hall–Kier alpha value is -2.66. The first-order valence-electron chi connectivity index (χ1n) is 6.72. The summed E-state index contributed by atoms with van der Waals surface area (Å²) in [5, 5.41) is 11.1. The second-order valence-electron chi connectivity index (χ2n) is 4.72. The van der Waals surface area contributed by atoms with Gasteiger partial charge < -0.3 is 5.32 Å². The van der Waals surface area contributed by atoms with Gasteiger partial charge >= 0.3 is 0 Å². The molecule has 1 heterocycles. The van der Waals surface area contributed by atoms with Gasteiger partial charge in [-0.25, -0.2) is 4.68 Å². The summed E-state index contributed by atoms with van der Waals surface area (Å²) in [5.74, 6) is -0.340. The second kappa shape index (κ2) is 6.41. The highest BCUT2D eigenvalue weighted by molar-refractivity contribution is 6.33. The third-order valence-corrected chi connectivity index (χ3v) is 3.41. The van der Waals surface area contributed by atoms with Gasteiger partial charge in [0.1, 0.15) is 0 Å². The molecule has 1 amide bonds. The molecule has 0 radical (unpaired) electrons. The number of hydrogen-bond donors (Lipinski definition) is 1. The van der Waals surface area contributed by atoms with E-state index < -0.39 is 0 Å². The van der Waals surface area contributed by atoms with Gasteiger partial charge in [0.05, 0.1) is 23.5 Å². The molecule has 0 unspecified atom stereocenters. The minimum atomic E-state index is -0.340. The van der Waals surface area contributed by atoms with Crippen molar-refractivity contribution < 1.29 is 4.79 Å². The largest absolute Gasteiger partial charge is 0.319 e. The highest BCUT2D eigenvalue weighted by atomic mass is 35.5. The first-order valence-corrected chi connectivity index (χ1v) is 7.10. The summed E-state index contributed by atoms with van der Waals surface area (Å²) >= 11 is 6.01. The summed E-state index contributed by atoms with van der Waals surface area (Å²) < 4.78 is 1.62. The van der Waals surface area contributed by atoms with E-state index in [1.807, 2.05) is 30.3 Å². The highest BCUT2D eigenvalue weighted by Gasteiger charge is 2.12. The van der Waals surface area contributed by atoms with E-state index in [9.17, 15) is 4.79 Å². The molecular weight excluding hydrogens is 300 g/mol. The lowest BCUT2D eigenvalue weighted by Crippen LogP contribution is -2.12. The number of nitrogens with zero attached hydrogens (tertiary/aromatic N) is 3. The van der Waals surface area contributed by atoms with Crippen LogP contribution in [0.1, 0.15) is 16.1 Å². The zero-order valence-corrected chi connectivity index (χ0v) is 12.4. The van der Waals surface area contributed by atoms with E-state index in [2.05, 4.69) is 15.6 Å². The van der Waals surface area contributed by atoms with Crippen molar-refractivity contribution in [3.63, 3.8) is 0 Å². The SMILES string of the molecule is O=C(Nc1ccccc1Cl)c1cn(Cc2ccccc2)nn1. The van der Waals surface area contributed by atoms with Gasteiger partial charge in [-0.3, -0.25) is 4.79 Å². The van der Waals surface area contributed by atoms with Crippen LogP contribution in [0.25, 0.3) is 0 Å². The predicted molar refractivity (Wildman–Crippen MR) is 85.0 cm³/mol. The number of anilines is 1. The fourth-order valence-corrected chi connectivity index (χ4v) is 2.18. The van der Waals surface area contributed by atoms with Crippen molar-refractivity contribution in [1.29, 1.82) is 0 Å². The van der Waals surface area contributed by atoms with Crippen LogP contribution >= 0.6 is 11.6 Å². The topological polar surface area (TPSA) is 59.8 Å². The number of rotatable bonds is 4. The van der Waals surface area contributed by atoms with Crippen molar-refractivity contribution in [3.05, 3.63) is 77.1 Å². The molecule has 22 heavy (non-hydrogen) atoms. The lowest BCUT2D eigenvalue weighted by Gasteiger charge is -2.04. The number of hydrogen-bond acceptors (Lipinski definition) is 3. The monoisotopic (exact) mass is 312 g/mol. The molecule has 0 atom stereocenters. The Balaban J connectivity index is 1.71. The van der Waals surface area contributed by atoms with Gasteiger partial charge in [-0.2, -0.15) is 0 Å². The Kier molecular flexibility index (Phi) is 4.16. The number of amides is 1. The molecule has 0 aliphatic carbocycles. The van der Waals surface area contributed by atoms with E-state index in [4.69, 9.17) is 11.6 Å². The Labute approximate surface area is 132 Å². The van der Waals surface area contributed by atoms with Gasteiger partial charge in [0.2, 0.25) is 0 Å². The summed E-state index contributed by atoms with van der Waals surface area (Å²) in [6, 6.07) is 16.9. The number of nitrogens with one attached hydrogen (secondary N) is 1. The maximum Gasteiger partial charge on any atom is 0.277 e. The standard InChI is InChI=1S/C16H13ClN4O/c17-13-8-4-5-9-14(13)18-16(22)15-11-21(20-19-15)10-12-6-2-1-3-7-12/h1-9,11H,10H2,(H,18,22). The lowest BCUT2D eigenvalue weighted by atomic mass is 10.2. The molecule has 0 bridgehead atoms. The normalized spacial score (nSPS) is 10.4. The third-order valence-electron chi connectivity index (χ3n) is 3.08.